The molecule has 0 atom stereocenters. The summed E-state index contributed by atoms with van der Waals surface area (Å²) < 4.78 is 38.8. The van der Waals surface area contributed by atoms with Gasteiger partial charge in [-0.2, -0.15) is 13.2 Å². The van der Waals surface area contributed by atoms with Crippen molar-refractivity contribution in [1.29, 1.82) is 0 Å². The van der Waals surface area contributed by atoms with Gasteiger partial charge in [-0.05, 0) is 42.8 Å². The van der Waals surface area contributed by atoms with Crippen molar-refractivity contribution in [2.45, 2.75) is 19.0 Å². The standard InChI is InChI=1S/C18H14ClF3N2O2/c19-15-7-6-12(10-14(15)18(20,21)22)23-17(26)11-3-1-4-13(9-11)24-8-2-5-16(24)25/h1,3-4,6-7,9-10H,2,5,8H2,(H,23,26). The van der Waals surface area contributed by atoms with E-state index in [-0.39, 0.29) is 17.2 Å². The van der Waals surface area contributed by atoms with Crippen LogP contribution in [-0.4, -0.2) is 18.4 Å². The van der Waals surface area contributed by atoms with E-state index in [4.69, 9.17) is 11.6 Å². The van der Waals surface area contributed by atoms with Crippen molar-refractivity contribution in [3.63, 3.8) is 0 Å². The Kier molecular flexibility index (Phi) is 4.91. The van der Waals surface area contributed by atoms with Gasteiger partial charge in [0, 0.05) is 29.9 Å². The van der Waals surface area contributed by atoms with Gasteiger partial charge in [0.25, 0.3) is 5.91 Å². The molecule has 1 fully saturated rings. The van der Waals surface area contributed by atoms with Crippen molar-refractivity contribution < 1.29 is 22.8 Å². The molecule has 0 saturated carbocycles. The molecule has 0 aliphatic carbocycles. The lowest BCUT2D eigenvalue weighted by atomic mass is 10.1. The Hall–Kier alpha value is -2.54. The summed E-state index contributed by atoms with van der Waals surface area (Å²) in [7, 11) is 0. The quantitative estimate of drug-likeness (QED) is 0.833. The molecule has 2 aromatic rings. The molecular weight excluding hydrogens is 369 g/mol. The molecule has 1 aliphatic heterocycles. The third kappa shape index (κ3) is 3.83. The molecule has 1 aliphatic rings. The van der Waals surface area contributed by atoms with E-state index in [9.17, 15) is 22.8 Å². The van der Waals surface area contributed by atoms with E-state index in [0.29, 0.717) is 18.7 Å². The van der Waals surface area contributed by atoms with Crippen LogP contribution in [0, 0.1) is 0 Å². The third-order valence-electron chi connectivity index (χ3n) is 4.02. The van der Waals surface area contributed by atoms with Gasteiger partial charge in [-0.3, -0.25) is 9.59 Å². The first-order chi connectivity index (χ1) is 12.3. The third-order valence-corrected chi connectivity index (χ3v) is 4.35. The first kappa shape index (κ1) is 18.3. The lowest BCUT2D eigenvalue weighted by Crippen LogP contribution is -2.24. The Labute approximate surface area is 152 Å². The largest absolute Gasteiger partial charge is 0.417 e. The molecule has 2 aromatic carbocycles. The molecule has 1 saturated heterocycles. The maximum Gasteiger partial charge on any atom is 0.417 e. The molecular formula is C18H14ClF3N2O2. The van der Waals surface area contributed by atoms with E-state index >= 15 is 0 Å². The fraction of sp³-hybridized carbons (Fsp3) is 0.222. The molecule has 1 heterocycles. The summed E-state index contributed by atoms with van der Waals surface area (Å²) in [4.78, 5) is 25.8. The SMILES string of the molecule is O=C(Nc1ccc(Cl)c(C(F)(F)F)c1)c1cccc(N2CCCC2=O)c1. The van der Waals surface area contributed by atoms with E-state index in [0.717, 1.165) is 18.6 Å². The number of nitrogens with one attached hydrogen (secondary N) is 1. The number of anilines is 2. The average Bonchev–Trinajstić information content (AvgIpc) is 3.02. The number of rotatable bonds is 3. The molecule has 0 bridgehead atoms. The summed E-state index contributed by atoms with van der Waals surface area (Å²) in [5.41, 5.74) is -0.208. The Morgan fingerprint density at radius 3 is 2.58 bits per heavy atom. The molecule has 0 radical (unpaired) electrons. The normalized spacial score (nSPS) is 14.6. The summed E-state index contributed by atoms with van der Waals surface area (Å²) >= 11 is 5.57. The van der Waals surface area contributed by atoms with Crippen LogP contribution < -0.4 is 10.2 Å². The number of halogens is 4. The van der Waals surface area contributed by atoms with Crippen molar-refractivity contribution in [2.75, 3.05) is 16.8 Å². The fourth-order valence-electron chi connectivity index (χ4n) is 2.76. The first-order valence-electron chi connectivity index (χ1n) is 7.84. The highest BCUT2D eigenvalue weighted by atomic mass is 35.5. The van der Waals surface area contributed by atoms with Gasteiger partial charge < -0.3 is 10.2 Å². The monoisotopic (exact) mass is 382 g/mol. The molecule has 26 heavy (non-hydrogen) atoms. The predicted molar refractivity (Wildman–Crippen MR) is 92.4 cm³/mol. The van der Waals surface area contributed by atoms with Crippen LogP contribution in [0.3, 0.4) is 0 Å². The maximum absolute atomic E-state index is 12.9. The number of carbonyl (C=O) groups is 2. The minimum atomic E-state index is -4.62. The second-order valence-corrected chi connectivity index (χ2v) is 6.25. The number of hydrogen-bond acceptors (Lipinski definition) is 2. The van der Waals surface area contributed by atoms with Crippen molar-refractivity contribution in [2.24, 2.45) is 0 Å². The zero-order valence-electron chi connectivity index (χ0n) is 13.4. The van der Waals surface area contributed by atoms with E-state index in [2.05, 4.69) is 5.32 Å². The zero-order valence-corrected chi connectivity index (χ0v) is 14.2. The van der Waals surface area contributed by atoms with Gasteiger partial charge in [0.1, 0.15) is 0 Å². The summed E-state index contributed by atoms with van der Waals surface area (Å²) in [5, 5.41) is 1.99. The molecule has 0 unspecified atom stereocenters. The smallest absolute Gasteiger partial charge is 0.322 e. The van der Waals surface area contributed by atoms with Crippen molar-refractivity contribution >= 4 is 34.8 Å². The van der Waals surface area contributed by atoms with E-state index in [1.807, 2.05) is 0 Å². The van der Waals surface area contributed by atoms with E-state index in [1.165, 1.54) is 12.1 Å². The zero-order chi connectivity index (χ0) is 18.9. The topological polar surface area (TPSA) is 49.4 Å². The van der Waals surface area contributed by atoms with E-state index in [1.54, 1.807) is 23.1 Å². The highest BCUT2D eigenvalue weighted by Gasteiger charge is 2.33. The highest BCUT2D eigenvalue weighted by molar-refractivity contribution is 6.31. The Balaban J connectivity index is 1.82. The summed E-state index contributed by atoms with van der Waals surface area (Å²) in [5.74, 6) is -0.593. The summed E-state index contributed by atoms with van der Waals surface area (Å²) in [6.07, 6.45) is -3.41. The van der Waals surface area contributed by atoms with Gasteiger partial charge in [-0.1, -0.05) is 17.7 Å². The molecule has 2 amide bonds. The second kappa shape index (κ2) is 6.99. The van der Waals surface area contributed by atoms with Crippen LogP contribution in [0.5, 0.6) is 0 Å². The number of benzene rings is 2. The Morgan fingerprint density at radius 1 is 1.15 bits per heavy atom. The van der Waals surface area contributed by atoms with Gasteiger partial charge in [0.2, 0.25) is 5.91 Å². The van der Waals surface area contributed by atoms with Crippen molar-refractivity contribution in [1.82, 2.24) is 0 Å². The van der Waals surface area contributed by atoms with Crippen LogP contribution in [0.1, 0.15) is 28.8 Å². The lowest BCUT2D eigenvalue weighted by Gasteiger charge is -2.16. The average molecular weight is 383 g/mol. The van der Waals surface area contributed by atoms with Gasteiger partial charge in [0.15, 0.2) is 0 Å². The lowest BCUT2D eigenvalue weighted by molar-refractivity contribution is -0.137. The Morgan fingerprint density at radius 2 is 1.92 bits per heavy atom. The summed E-state index contributed by atoms with van der Waals surface area (Å²) in [6, 6.07) is 9.57. The molecule has 3 rings (SSSR count). The highest BCUT2D eigenvalue weighted by Crippen LogP contribution is 2.36. The summed E-state index contributed by atoms with van der Waals surface area (Å²) in [6.45, 7) is 0.579. The Bertz CT molecular complexity index is 868. The first-order valence-corrected chi connectivity index (χ1v) is 8.22. The van der Waals surface area contributed by atoms with Crippen LogP contribution >= 0.6 is 11.6 Å². The number of hydrogen-bond donors (Lipinski definition) is 1. The van der Waals surface area contributed by atoms with Crippen LogP contribution in [0.4, 0.5) is 24.5 Å². The maximum atomic E-state index is 12.9. The minimum absolute atomic E-state index is 0.0184. The number of amides is 2. The number of carbonyl (C=O) groups excluding carboxylic acids is 2. The van der Waals surface area contributed by atoms with Crippen LogP contribution in [0.25, 0.3) is 0 Å². The fourth-order valence-corrected chi connectivity index (χ4v) is 2.98. The van der Waals surface area contributed by atoms with Crippen molar-refractivity contribution in [3.8, 4) is 0 Å². The van der Waals surface area contributed by atoms with Gasteiger partial charge in [-0.15, -0.1) is 0 Å². The molecule has 136 valence electrons. The van der Waals surface area contributed by atoms with Gasteiger partial charge >= 0.3 is 6.18 Å². The van der Waals surface area contributed by atoms with Crippen molar-refractivity contribution in [3.05, 3.63) is 58.6 Å². The second-order valence-electron chi connectivity index (χ2n) is 5.85. The molecule has 0 spiro atoms. The van der Waals surface area contributed by atoms with Crippen LogP contribution in [-0.2, 0) is 11.0 Å². The molecule has 4 nitrogen and oxygen atoms in total. The predicted octanol–water partition coefficient (Wildman–Crippen LogP) is 4.74. The number of nitrogens with zero attached hydrogens (tertiary/aromatic N) is 1. The van der Waals surface area contributed by atoms with Gasteiger partial charge in [-0.25, -0.2) is 0 Å². The van der Waals surface area contributed by atoms with Crippen LogP contribution in [0.2, 0.25) is 5.02 Å². The molecule has 1 N–H and O–H groups in total. The molecule has 0 aromatic heterocycles. The minimum Gasteiger partial charge on any atom is -0.322 e. The van der Waals surface area contributed by atoms with Gasteiger partial charge in [0.05, 0.1) is 10.6 Å². The van der Waals surface area contributed by atoms with E-state index < -0.39 is 22.7 Å². The number of alkyl halides is 3. The van der Waals surface area contributed by atoms with Crippen LogP contribution in [0.15, 0.2) is 42.5 Å². The molecule has 8 heteroatoms.